The Kier molecular flexibility index (Phi) is 6.08. The lowest BCUT2D eigenvalue weighted by atomic mass is 10.2. The highest BCUT2D eigenvalue weighted by Crippen LogP contribution is 2.32. The van der Waals surface area contributed by atoms with Crippen LogP contribution in [0.2, 0.25) is 0 Å². The summed E-state index contributed by atoms with van der Waals surface area (Å²) in [6, 6.07) is 13.5. The van der Waals surface area contributed by atoms with Gasteiger partial charge in [0.05, 0.1) is 20.8 Å². The first kappa shape index (κ1) is 18.9. The van der Waals surface area contributed by atoms with Crippen LogP contribution in [0.25, 0.3) is 11.4 Å². The van der Waals surface area contributed by atoms with Crippen LogP contribution in [0.3, 0.4) is 0 Å². The average Bonchev–Trinajstić information content (AvgIpc) is 3.05. The Morgan fingerprint density at radius 2 is 1.85 bits per heavy atom. The zero-order chi connectivity index (χ0) is 19.2. The number of rotatable bonds is 8. The largest absolute Gasteiger partial charge is 0.493 e. The quantitative estimate of drug-likeness (QED) is 0.362. The normalized spacial score (nSPS) is 10.6. The predicted octanol–water partition coefficient (Wildman–Crippen LogP) is 3.16. The van der Waals surface area contributed by atoms with Crippen molar-refractivity contribution in [1.29, 1.82) is 0 Å². The van der Waals surface area contributed by atoms with E-state index in [1.54, 1.807) is 14.2 Å². The highest BCUT2D eigenvalue weighted by Gasteiger charge is 2.14. The van der Waals surface area contributed by atoms with Crippen LogP contribution < -0.4 is 20.1 Å². The number of methoxy groups -OCH3 is 2. The number of ether oxygens (including phenoxy) is 3. The molecule has 8 heteroatoms. The van der Waals surface area contributed by atoms with Crippen molar-refractivity contribution in [1.82, 2.24) is 14.9 Å². The van der Waals surface area contributed by atoms with Gasteiger partial charge in [-0.25, -0.2) is 4.68 Å². The van der Waals surface area contributed by atoms with Crippen LogP contribution in [0.15, 0.2) is 47.6 Å². The van der Waals surface area contributed by atoms with E-state index in [9.17, 15) is 0 Å². The molecule has 0 unspecified atom stereocenters. The maximum absolute atomic E-state index is 6.17. The minimum atomic E-state index is 0.548. The Hall–Kier alpha value is -2.87. The maximum Gasteiger partial charge on any atom is 0.210 e. The number of aromatic nitrogens is 3. The number of nitrogen functional groups attached to an aromatic ring is 1. The van der Waals surface area contributed by atoms with E-state index in [-0.39, 0.29) is 0 Å². The molecule has 0 radical (unpaired) electrons. The molecule has 0 spiro atoms. The first-order chi connectivity index (χ1) is 13.1. The number of benzene rings is 2. The van der Waals surface area contributed by atoms with Crippen molar-refractivity contribution < 1.29 is 14.2 Å². The van der Waals surface area contributed by atoms with Crippen molar-refractivity contribution in [3.8, 4) is 28.6 Å². The van der Waals surface area contributed by atoms with Crippen LogP contribution in [0.5, 0.6) is 17.2 Å². The van der Waals surface area contributed by atoms with Crippen molar-refractivity contribution in [2.24, 2.45) is 0 Å². The van der Waals surface area contributed by atoms with Crippen LogP contribution in [-0.4, -0.2) is 41.5 Å². The zero-order valence-corrected chi connectivity index (χ0v) is 16.3. The van der Waals surface area contributed by atoms with Gasteiger partial charge in [-0.3, -0.25) is 0 Å². The van der Waals surface area contributed by atoms with Crippen LogP contribution in [0.1, 0.15) is 5.56 Å². The fourth-order valence-corrected chi connectivity index (χ4v) is 3.22. The SMILES string of the molecule is COc1ccc(-c2nnc(SCCOc3cccc(C)c3)n2N)cc1OC. The summed E-state index contributed by atoms with van der Waals surface area (Å²) in [6.45, 7) is 2.58. The first-order valence-electron chi connectivity index (χ1n) is 8.37. The number of nitrogens with two attached hydrogens (primary N) is 1. The van der Waals surface area contributed by atoms with E-state index in [4.69, 9.17) is 20.1 Å². The van der Waals surface area contributed by atoms with Crippen LogP contribution >= 0.6 is 11.8 Å². The second-order valence-corrected chi connectivity index (χ2v) is 6.82. The molecule has 1 heterocycles. The predicted molar refractivity (Wildman–Crippen MR) is 106 cm³/mol. The summed E-state index contributed by atoms with van der Waals surface area (Å²) in [7, 11) is 3.18. The van der Waals surface area contributed by atoms with Gasteiger partial charge in [0.1, 0.15) is 5.75 Å². The van der Waals surface area contributed by atoms with Gasteiger partial charge >= 0.3 is 0 Å². The van der Waals surface area contributed by atoms with Crippen molar-refractivity contribution in [3.63, 3.8) is 0 Å². The third kappa shape index (κ3) is 4.46. The molecule has 0 amide bonds. The van der Waals surface area contributed by atoms with E-state index in [1.807, 2.05) is 49.4 Å². The lowest BCUT2D eigenvalue weighted by Gasteiger charge is -2.09. The van der Waals surface area contributed by atoms with Crippen LogP contribution in [0.4, 0.5) is 0 Å². The van der Waals surface area contributed by atoms with Gasteiger partial charge in [-0.1, -0.05) is 23.9 Å². The molecule has 1 aromatic heterocycles. The van der Waals surface area contributed by atoms with Gasteiger partial charge in [0.2, 0.25) is 5.16 Å². The second kappa shape index (κ2) is 8.68. The molecular weight excluding hydrogens is 364 g/mol. The second-order valence-electron chi connectivity index (χ2n) is 5.76. The Balaban J connectivity index is 1.63. The minimum Gasteiger partial charge on any atom is -0.493 e. The van der Waals surface area contributed by atoms with Gasteiger partial charge < -0.3 is 20.1 Å². The number of hydrogen-bond acceptors (Lipinski definition) is 7. The van der Waals surface area contributed by atoms with Crippen molar-refractivity contribution in [3.05, 3.63) is 48.0 Å². The summed E-state index contributed by atoms with van der Waals surface area (Å²) >= 11 is 1.49. The fourth-order valence-electron chi connectivity index (χ4n) is 2.55. The van der Waals surface area contributed by atoms with E-state index >= 15 is 0 Å². The van der Waals surface area contributed by atoms with E-state index in [0.717, 1.165) is 11.3 Å². The van der Waals surface area contributed by atoms with E-state index < -0.39 is 0 Å². The lowest BCUT2D eigenvalue weighted by molar-refractivity contribution is 0.343. The van der Waals surface area contributed by atoms with Gasteiger partial charge in [-0.15, -0.1) is 10.2 Å². The van der Waals surface area contributed by atoms with E-state index in [1.165, 1.54) is 22.0 Å². The standard InChI is InChI=1S/C19H22N4O3S/c1-13-5-4-6-15(11-13)26-9-10-27-19-22-21-18(23(19)20)14-7-8-16(24-2)17(12-14)25-3/h4-8,11-12H,9-10,20H2,1-3H3. The molecule has 142 valence electrons. The van der Waals surface area contributed by atoms with Crippen molar-refractivity contribution >= 4 is 11.8 Å². The van der Waals surface area contributed by atoms with Gasteiger partial charge in [0.15, 0.2) is 17.3 Å². The molecule has 27 heavy (non-hydrogen) atoms. The molecule has 0 fully saturated rings. The summed E-state index contributed by atoms with van der Waals surface area (Å²) in [5.41, 5.74) is 1.96. The third-order valence-corrected chi connectivity index (χ3v) is 4.79. The summed E-state index contributed by atoms with van der Waals surface area (Å²) in [5, 5.41) is 8.99. The van der Waals surface area contributed by atoms with Crippen LogP contribution in [0, 0.1) is 6.92 Å². The van der Waals surface area contributed by atoms with Gasteiger partial charge in [0.25, 0.3) is 0 Å². The highest BCUT2D eigenvalue weighted by atomic mass is 32.2. The molecule has 0 saturated carbocycles. The Labute approximate surface area is 162 Å². The molecule has 7 nitrogen and oxygen atoms in total. The molecule has 0 aliphatic carbocycles. The number of hydrogen-bond donors (Lipinski definition) is 1. The monoisotopic (exact) mass is 386 g/mol. The van der Waals surface area contributed by atoms with Crippen LogP contribution in [-0.2, 0) is 0 Å². The molecule has 0 aliphatic rings. The molecule has 2 N–H and O–H groups in total. The summed E-state index contributed by atoms with van der Waals surface area (Å²) < 4.78 is 17.8. The van der Waals surface area contributed by atoms with E-state index in [2.05, 4.69) is 10.2 Å². The Bertz CT molecular complexity index is 914. The number of thioether (sulfide) groups is 1. The zero-order valence-electron chi connectivity index (χ0n) is 15.5. The van der Waals surface area contributed by atoms with Gasteiger partial charge in [0, 0.05) is 11.3 Å². The van der Waals surface area contributed by atoms with Gasteiger partial charge in [-0.2, -0.15) is 0 Å². The first-order valence-corrected chi connectivity index (χ1v) is 9.36. The van der Waals surface area contributed by atoms with Crippen molar-refractivity contribution in [2.45, 2.75) is 12.1 Å². The molecule has 0 bridgehead atoms. The number of nitrogens with zero attached hydrogens (tertiary/aromatic N) is 3. The van der Waals surface area contributed by atoms with E-state index in [0.29, 0.717) is 34.8 Å². The Morgan fingerprint density at radius 3 is 2.59 bits per heavy atom. The van der Waals surface area contributed by atoms with Gasteiger partial charge in [-0.05, 0) is 42.8 Å². The molecule has 3 rings (SSSR count). The molecule has 0 saturated heterocycles. The summed E-state index contributed by atoms with van der Waals surface area (Å²) in [4.78, 5) is 0. The average molecular weight is 386 g/mol. The minimum absolute atomic E-state index is 0.548. The summed E-state index contributed by atoms with van der Waals surface area (Å²) in [6.07, 6.45) is 0. The summed E-state index contributed by atoms with van der Waals surface area (Å²) in [5.74, 6) is 9.54. The molecule has 2 aromatic carbocycles. The Morgan fingerprint density at radius 1 is 1.04 bits per heavy atom. The maximum atomic E-state index is 6.17. The lowest BCUT2D eigenvalue weighted by Crippen LogP contribution is -2.12. The highest BCUT2D eigenvalue weighted by molar-refractivity contribution is 7.99. The number of aryl methyl sites for hydroxylation is 1. The fraction of sp³-hybridized carbons (Fsp3) is 0.263. The molecule has 3 aromatic rings. The third-order valence-electron chi connectivity index (χ3n) is 3.88. The molecule has 0 aliphatic heterocycles. The molecule has 0 atom stereocenters. The topological polar surface area (TPSA) is 84.4 Å². The smallest absolute Gasteiger partial charge is 0.210 e. The molecular formula is C19H22N4O3S. The van der Waals surface area contributed by atoms with Crippen molar-refractivity contribution in [2.75, 3.05) is 32.4 Å².